The van der Waals surface area contributed by atoms with Crippen LogP contribution in [-0.4, -0.2) is 45.4 Å². The summed E-state index contributed by atoms with van der Waals surface area (Å²) in [6.07, 6.45) is 0.450. The number of carbonyl (C=O) groups is 2. The van der Waals surface area contributed by atoms with Crippen LogP contribution in [0, 0.1) is 0 Å². The molecule has 2 heterocycles. The van der Waals surface area contributed by atoms with Gasteiger partial charge in [0.05, 0.1) is 5.92 Å². The quantitative estimate of drug-likeness (QED) is 0.673. The zero-order valence-electron chi connectivity index (χ0n) is 17.8. The minimum absolute atomic E-state index is 0.0275. The van der Waals surface area contributed by atoms with Gasteiger partial charge in [-0.15, -0.1) is 0 Å². The number of hydrogen-bond donors (Lipinski definition) is 1. The van der Waals surface area contributed by atoms with Crippen molar-refractivity contribution in [1.29, 1.82) is 0 Å². The van der Waals surface area contributed by atoms with E-state index in [1.165, 1.54) is 11.1 Å². The first-order chi connectivity index (χ1) is 15.6. The van der Waals surface area contributed by atoms with Crippen LogP contribution in [0.5, 0.6) is 0 Å². The maximum absolute atomic E-state index is 13.9. The van der Waals surface area contributed by atoms with Gasteiger partial charge < -0.3 is 10.0 Å². The van der Waals surface area contributed by atoms with E-state index in [4.69, 9.17) is 0 Å². The molecule has 0 bridgehead atoms. The molecule has 3 aromatic rings. The van der Waals surface area contributed by atoms with Gasteiger partial charge in [0.1, 0.15) is 6.04 Å². The summed E-state index contributed by atoms with van der Waals surface area (Å²) in [4.78, 5) is 30.0. The van der Waals surface area contributed by atoms with E-state index in [1.807, 2.05) is 72.8 Å². The Labute approximate surface area is 187 Å². The Kier molecular flexibility index (Phi) is 5.50. The molecule has 5 heteroatoms. The van der Waals surface area contributed by atoms with E-state index < -0.39 is 17.9 Å². The minimum atomic E-state index is -0.933. The van der Waals surface area contributed by atoms with E-state index >= 15 is 0 Å². The second-order valence-electron chi connectivity index (χ2n) is 8.66. The molecule has 162 valence electrons. The molecule has 1 amide bonds. The lowest BCUT2D eigenvalue weighted by Gasteiger charge is -2.28. The Hall–Kier alpha value is -3.44. The summed E-state index contributed by atoms with van der Waals surface area (Å²) in [5.41, 5.74) is 4.33. The molecule has 1 N–H and O–H groups in total. The third-order valence-electron chi connectivity index (χ3n) is 6.74. The molecule has 5 nitrogen and oxygen atoms in total. The van der Waals surface area contributed by atoms with Gasteiger partial charge in [0.15, 0.2) is 0 Å². The van der Waals surface area contributed by atoms with Gasteiger partial charge in [-0.05, 0) is 28.7 Å². The summed E-state index contributed by atoms with van der Waals surface area (Å²) in [5, 5.41) is 9.98. The fourth-order valence-electron chi connectivity index (χ4n) is 5.11. The van der Waals surface area contributed by atoms with Gasteiger partial charge >= 0.3 is 5.97 Å². The second kappa shape index (κ2) is 8.60. The average Bonchev–Trinajstić information content (AvgIpc) is 3.45. The molecule has 2 atom stereocenters. The standard InChI is InChI=1S/C27H26N2O3/c30-26(25(19-9-3-1-4-10-19)20-11-5-2-6-12-20)29-18-23(15-24(29)27(31)32)28-16-21-13-7-8-14-22(21)17-28/h1-14,23-25H,15-18H2,(H,31,32)/t23?,24-/m0/s1. The van der Waals surface area contributed by atoms with Crippen molar-refractivity contribution in [1.82, 2.24) is 9.80 Å². The van der Waals surface area contributed by atoms with Crippen LogP contribution >= 0.6 is 0 Å². The molecule has 2 aliphatic rings. The number of hydrogen-bond acceptors (Lipinski definition) is 3. The fourth-order valence-corrected chi connectivity index (χ4v) is 5.11. The summed E-state index contributed by atoms with van der Waals surface area (Å²) < 4.78 is 0. The summed E-state index contributed by atoms with van der Waals surface area (Å²) >= 11 is 0. The summed E-state index contributed by atoms with van der Waals surface area (Å²) in [5.74, 6) is -1.60. The molecule has 3 aromatic carbocycles. The van der Waals surface area contributed by atoms with E-state index in [0.29, 0.717) is 13.0 Å². The lowest BCUT2D eigenvalue weighted by Crippen LogP contribution is -2.43. The van der Waals surface area contributed by atoms with Crippen molar-refractivity contribution in [3.8, 4) is 0 Å². The number of aliphatic carboxylic acids is 1. The summed E-state index contributed by atoms with van der Waals surface area (Å²) in [6, 6.07) is 26.8. The summed E-state index contributed by atoms with van der Waals surface area (Å²) in [7, 11) is 0. The van der Waals surface area contributed by atoms with Crippen molar-refractivity contribution in [2.24, 2.45) is 0 Å². The van der Waals surface area contributed by atoms with E-state index in [-0.39, 0.29) is 11.9 Å². The first-order valence-corrected chi connectivity index (χ1v) is 11.1. The van der Waals surface area contributed by atoms with E-state index in [1.54, 1.807) is 4.90 Å². The molecule has 0 saturated carbocycles. The van der Waals surface area contributed by atoms with Crippen LogP contribution < -0.4 is 0 Å². The first kappa shape index (κ1) is 20.5. The highest BCUT2D eigenvalue weighted by Crippen LogP contribution is 2.34. The monoisotopic (exact) mass is 426 g/mol. The maximum Gasteiger partial charge on any atom is 0.326 e. The molecular weight excluding hydrogens is 400 g/mol. The minimum Gasteiger partial charge on any atom is -0.480 e. The van der Waals surface area contributed by atoms with Crippen LogP contribution in [0.1, 0.15) is 34.6 Å². The lowest BCUT2D eigenvalue weighted by molar-refractivity contribution is -0.148. The number of rotatable bonds is 5. The smallest absolute Gasteiger partial charge is 0.326 e. The molecule has 5 rings (SSSR count). The predicted molar refractivity (Wildman–Crippen MR) is 122 cm³/mol. The van der Waals surface area contributed by atoms with Gasteiger partial charge in [-0.25, -0.2) is 4.79 Å². The molecule has 1 saturated heterocycles. The van der Waals surface area contributed by atoms with Crippen LogP contribution in [0.3, 0.4) is 0 Å². The first-order valence-electron chi connectivity index (χ1n) is 11.1. The highest BCUT2D eigenvalue weighted by molar-refractivity contribution is 5.91. The molecule has 0 aromatic heterocycles. The van der Waals surface area contributed by atoms with E-state index in [0.717, 1.165) is 24.2 Å². The number of carboxylic acids is 1. The Morgan fingerprint density at radius 2 is 1.28 bits per heavy atom. The Balaban J connectivity index is 1.43. The van der Waals surface area contributed by atoms with Gasteiger partial charge in [0, 0.05) is 25.7 Å². The van der Waals surface area contributed by atoms with E-state index in [9.17, 15) is 14.7 Å². The van der Waals surface area contributed by atoms with Crippen molar-refractivity contribution in [2.75, 3.05) is 6.54 Å². The van der Waals surface area contributed by atoms with Crippen LogP contribution in [0.25, 0.3) is 0 Å². The van der Waals surface area contributed by atoms with Crippen molar-refractivity contribution in [3.05, 3.63) is 107 Å². The third kappa shape index (κ3) is 3.80. The van der Waals surface area contributed by atoms with Crippen molar-refractivity contribution < 1.29 is 14.7 Å². The van der Waals surface area contributed by atoms with Crippen molar-refractivity contribution in [3.63, 3.8) is 0 Å². The van der Waals surface area contributed by atoms with Crippen molar-refractivity contribution >= 4 is 11.9 Å². The highest BCUT2D eigenvalue weighted by atomic mass is 16.4. The van der Waals surface area contributed by atoms with Gasteiger partial charge in [-0.2, -0.15) is 0 Å². The third-order valence-corrected chi connectivity index (χ3v) is 6.74. The molecule has 0 spiro atoms. The zero-order valence-corrected chi connectivity index (χ0v) is 17.8. The number of likely N-dealkylation sites (tertiary alicyclic amines) is 1. The molecule has 0 aliphatic carbocycles. The highest BCUT2D eigenvalue weighted by Gasteiger charge is 2.44. The number of carbonyl (C=O) groups excluding carboxylic acids is 1. The second-order valence-corrected chi connectivity index (χ2v) is 8.66. The Morgan fingerprint density at radius 1 is 0.781 bits per heavy atom. The predicted octanol–water partition coefficient (Wildman–Crippen LogP) is 3.89. The van der Waals surface area contributed by atoms with Crippen LogP contribution in [0.15, 0.2) is 84.9 Å². The van der Waals surface area contributed by atoms with Gasteiger partial charge in [0.25, 0.3) is 0 Å². The number of nitrogens with zero attached hydrogens (tertiary/aromatic N) is 2. The van der Waals surface area contributed by atoms with Gasteiger partial charge in [-0.1, -0.05) is 84.9 Å². The number of fused-ring (bicyclic) bond motifs is 1. The normalized spacial score (nSPS) is 20.5. The maximum atomic E-state index is 13.9. The van der Waals surface area contributed by atoms with Gasteiger partial charge in [0.2, 0.25) is 5.91 Å². The molecule has 2 aliphatic heterocycles. The topological polar surface area (TPSA) is 60.9 Å². The molecule has 1 fully saturated rings. The van der Waals surface area contributed by atoms with Crippen LogP contribution in [-0.2, 0) is 22.7 Å². The van der Waals surface area contributed by atoms with Crippen LogP contribution in [0.2, 0.25) is 0 Å². The molecular formula is C27H26N2O3. The van der Waals surface area contributed by atoms with Crippen LogP contribution in [0.4, 0.5) is 0 Å². The van der Waals surface area contributed by atoms with Crippen molar-refractivity contribution in [2.45, 2.75) is 37.5 Å². The molecule has 1 unspecified atom stereocenters. The average molecular weight is 427 g/mol. The molecule has 0 radical (unpaired) electrons. The largest absolute Gasteiger partial charge is 0.480 e. The SMILES string of the molecule is O=C(O)[C@@H]1CC(N2Cc3ccccc3C2)CN1C(=O)C(c1ccccc1)c1ccccc1. The van der Waals surface area contributed by atoms with Gasteiger partial charge in [-0.3, -0.25) is 9.69 Å². The van der Waals surface area contributed by atoms with E-state index in [2.05, 4.69) is 17.0 Å². The fraction of sp³-hybridized carbons (Fsp3) is 0.259. The summed E-state index contributed by atoms with van der Waals surface area (Å²) in [6.45, 7) is 2.03. The number of carboxylic acid groups (broad SMARTS) is 1. The lowest BCUT2D eigenvalue weighted by atomic mass is 9.90. The zero-order chi connectivity index (χ0) is 22.1. The Bertz CT molecular complexity index is 1050. The Morgan fingerprint density at radius 3 is 1.78 bits per heavy atom. The number of amides is 1. The molecule has 32 heavy (non-hydrogen) atoms. The number of benzene rings is 3.